The van der Waals surface area contributed by atoms with E-state index >= 15 is 8.78 Å². The Labute approximate surface area is 207 Å². The van der Waals surface area contributed by atoms with Gasteiger partial charge in [0, 0.05) is 41.2 Å². The molecule has 180 valence electrons. The van der Waals surface area contributed by atoms with E-state index in [4.69, 9.17) is 16.3 Å². The fourth-order valence-corrected chi connectivity index (χ4v) is 4.59. The summed E-state index contributed by atoms with van der Waals surface area (Å²) in [6.45, 7) is 3.80. The quantitative estimate of drug-likeness (QED) is 0.397. The van der Waals surface area contributed by atoms with Crippen LogP contribution in [0, 0.1) is 19.7 Å². The lowest BCUT2D eigenvalue weighted by Crippen LogP contribution is -2.25. The van der Waals surface area contributed by atoms with E-state index in [-0.39, 0.29) is 29.9 Å². The van der Waals surface area contributed by atoms with Gasteiger partial charge in [0.1, 0.15) is 17.6 Å². The first kappa shape index (κ1) is 23.5. The number of aromatic nitrogens is 1. The molecule has 2 aliphatic carbocycles. The third kappa shape index (κ3) is 5.08. The maximum absolute atomic E-state index is 15.7. The summed E-state index contributed by atoms with van der Waals surface area (Å²) in [6, 6.07) is 8.24. The average Bonchev–Trinajstić information content (AvgIpc) is 3.61. The number of nitrogens with one attached hydrogen (secondary N) is 1. The van der Waals surface area contributed by atoms with Gasteiger partial charge in [0.05, 0.1) is 5.56 Å². The molecular formula is C28H25ClF2N2O2. The zero-order valence-electron chi connectivity index (χ0n) is 19.5. The summed E-state index contributed by atoms with van der Waals surface area (Å²) in [4.78, 5) is 17.4. The number of carbonyl (C=O) groups is 1. The second kappa shape index (κ2) is 9.08. The molecule has 1 N–H and O–H groups in total. The van der Waals surface area contributed by atoms with Crippen LogP contribution in [-0.2, 0) is 6.42 Å². The molecule has 0 radical (unpaired) electrons. The van der Waals surface area contributed by atoms with Gasteiger partial charge in [-0.2, -0.15) is 0 Å². The highest BCUT2D eigenvalue weighted by Gasteiger charge is 2.31. The van der Waals surface area contributed by atoms with Crippen molar-refractivity contribution in [1.29, 1.82) is 0 Å². The predicted molar refractivity (Wildman–Crippen MR) is 134 cm³/mol. The first-order valence-corrected chi connectivity index (χ1v) is 12.0. The Bertz CT molecular complexity index is 1400. The molecule has 0 spiro atoms. The Morgan fingerprint density at radius 1 is 1.20 bits per heavy atom. The lowest BCUT2D eigenvalue weighted by molar-refractivity contribution is 0.102. The molecule has 35 heavy (non-hydrogen) atoms. The van der Waals surface area contributed by atoms with Gasteiger partial charge in [-0.05, 0) is 79.1 Å². The van der Waals surface area contributed by atoms with E-state index in [2.05, 4.69) is 10.3 Å². The van der Waals surface area contributed by atoms with Gasteiger partial charge in [-0.3, -0.25) is 4.79 Å². The van der Waals surface area contributed by atoms with Crippen LogP contribution < -0.4 is 10.1 Å². The maximum atomic E-state index is 15.7. The molecule has 1 heterocycles. The number of amides is 1. The molecule has 1 unspecified atom stereocenters. The van der Waals surface area contributed by atoms with Crippen molar-refractivity contribution in [3.8, 4) is 5.88 Å². The lowest BCUT2D eigenvalue weighted by atomic mass is 9.86. The van der Waals surface area contributed by atoms with E-state index in [1.807, 2.05) is 19.9 Å². The summed E-state index contributed by atoms with van der Waals surface area (Å²) in [5, 5.41) is 3.92. The average molecular weight is 495 g/mol. The van der Waals surface area contributed by atoms with Crippen LogP contribution >= 0.6 is 11.6 Å². The molecular weight excluding hydrogens is 470 g/mol. The number of alkyl halides is 1. The fourth-order valence-electron chi connectivity index (χ4n) is 4.30. The van der Waals surface area contributed by atoms with Crippen LogP contribution in [-0.4, -0.2) is 22.7 Å². The Morgan fingerprint density at radius 3 is 2.66 bits per heavy atom. The van der Waals surface area contributed by atoms with Gasteiger partial charge in [0.15, 0.2) is 0 Å². The first-order valence-electron chi connectivity index (χ1n) is 11.6. The molecule has 0 bridgehead atoms. The van der Waals surface area contributed by atoms with Gasteiger partial charge in [-0.15, -0.1) is 0 Å². The van der Waals surface area contributed by atoms with Crippen molar-refractivity contribution in [2.75, 3.05) is 5.32 Å². The predicted octanol–water partition coefficient (Wildman–Crippen LogP) is 7.12. The monoisotopic (exact) mass is 494 g/mol. The molecule has 0 saturated heterocycles. The van der Waals surface area contributed by atoms with Crippen molar-refractivity contribution in [2.24, 2.45) is 0 Å². The number of hydrogen-bond donors (Lipinski definition) is 1. The van der Waals surface area contributed by atoms with Gasteiger partial charge in [0.25, 0.3) is 5.91 Å². The second-order valence-corrected chi connectivity index (χ2v) is 9.82. The minimum atomic E-state index is -1.73. The minimum Gasteiger partial charge on any atom is -0.474 e. The van der Waals surface area contributed by atoms with Gasteiger partial charge >= 0.3 is 0 Å². The first-order chi connectivity index (χ1) is 16.7. The number of allylic oxidation sites excluding steroid dienone is 4. The number of rotatable bonds is 6. The topological polar surface area (TPSA) is 51.2 Å². The molecule has 1 fully saturated rings. The summed E-state index contributed by atoms with van der Waals surface area (Å²) in [5.41, 5.74) is 0.942. The van der Waals surface area contributed by atoms with Crippen LogP contribution in [0.15, 0.2) is 59.8 Å². The Morgan fingerprint density at radius 2 is 1.94 bits per heavy atom. The van der Waals surface area contributed by atoms with E-state index in [0.29, 0.717) is 27.5 Å². The van der Waals surface area contributed by atoms with Crippen LogP contribution in [0.25, 0.3) is 10.8 Å². The van der Waals surface area contributed by atoms with Crippen LogP contribution in [0.2, 0.25) is 0 Å². The Balaban J connectivity index is 1.53. The van der Waals surface area contributed by atoms with Crippen LogP contribution in [0.1, 0.15) is 46.3 Å². The number of aryl methyl sites for hydroxylation is 2. The molecule has 2 aliphatic rings. The molecule has 1 amide bonds. The lowest BCUT2D eigenvalue weighted by Gasteiger charge is -2.25. The zero-order valence-corrected chi connectivity index (χ0v) is 20.3. The van der Waals surface area contributed by atoms with E-state index < -0.39 is 17.4 Å². The van der Waals surface area contributed by atoms with Gasteiger partial charge in [0.2, 0.25) is 5.88 Å². The van der Waals surface area contributed by atoms with Crippen LogP contribution in [0.4, 0.5) is 14.5 Å². The standard InChI is InChI=1S/C28H25ClF2N2O2/c1-16-10-22-18(14-28(31)8-3-4-19(29)15-28)12-24(26(30)23(22)11-17(16)2)27(34)33-20-7-9-32-25(13-20)35-21-5-6-21/h3-4,7,9-13,15,21H,5-6,8,14H2,1-2H3,(H,32,33,34). The van der Waals surface area contributed by atoms with Crippen LogP contribution in [0.3, 0.4) is 0 Å². The minimum absolute atomic E-state index is 0.0399. The van der Waals surface area contributed by atoms with Gasteiger partial charge in [-0.25, -0.2) is 13.8 Å². The van der Waals surface area contributed by atoms with Crippen molar-refractivity contribution < 1.29 is 18.3 Å². The number of benzene rings is 2. The fraction of sp³-hybridized carbons (Fsp3) is 0.286. The summed E-state index contributed by atoms with van der Waals surface area (Å²) < 4.78 is 37.1. The number of pyridine rings is 1. The molecule has 1 aromatic heterocycles. The van der Waals surface area contributed by atoms with E-state index in [0.717, 1.165) is 24.0 Å². The van der Waals surface area contributed by atoms with Gasteiger partial charge in [-0.1, -0.05) is 23.7 Å². The normalized spacial score (nSPS) is 19.5. The van der Waals surface area contributed by atoms with E-state index in [1.54, 1.807) is 30.4 Å². The molecule has 3 aromatic rings. The molecule has 0 aliphatic heterocycles. The summed E-state index contributed by atoms with van der Waals surface area (Å²) in [6.07, 6.45) is 8.47. The number of fused-ring (bicyclic) bond motifs is 1. The SMILES string of the molecule is Cc1cc2c(CC3(F)C=C(Cl)C=CC3)cc(C(=O)Nc3ccnc(OC4CC4)c3)c(F)c2cc1C. The molecule has 1 saturated carbocycles. The number of hydrogen-bond acceptors (Lipinski definition) is 3. The number of nitrogens with zero attached hydrogens (tertiary/aromatic N) is 1. The molecule has 7 heteroatoms. The Kier molecular flexibility index (Phi) is 6.09. The summed E-state index contributed by atoms with van der Waals surface area (Å²) in [5.74, 6) is -0.861. The van der Waals surface area contributed by atoms with Crippen LogP contribution in [0.5, 0.6) is 5.88 Å². The van der Waals surface area contributed by atoms with Crippen molar-refractivity contribution in [2.45, 2.75) is 51.3 Å². The molecule has 4 nitrogen and oxygen atoms in total. The highest BCUT2D eigenvalue weighted by atomic mass is 35.5. The number of halogens is 3. The Hall–Kier alpha value is -3.25. The van der Waals surface area contributed by atoms with E-state index in [9.17, 15) is 4.79 Å². The molecule has 2 aromatic carbocycles. The summed E-state index contributed by atoms with van der Waals surface area (Å²) >= 11 is 6.07. The van der Waals surface area contributed by atoms with Crippen molar-refractivity contribution in [3.63, 3.8) is 0 Å². The smallest absolute Gasteiger partial charge is 0.258 e. The largest absolute Gasteiger partial charge is 0.474 e. The number of carbonyl (C=O) groups excluding carboxylic acids is 1. The van der Waals surface area contributed by atoms with Gasteiger partial charge < -0.3 is 10.1 Å². The number of anilines is 1. The third-order valence-corrected chi connectivity index (χ3v) is 6.67. The van der Waals surface area contributed by atoms with Crippen molar-refractivity contribution in [3.05, 3.63) is 87.9 Å². The third-order valence-electron chi connectivity index (χ3n) is 6.44. The maximum Gasteiger partial charge on any atom is 0.258 e. The highest BCUT2D eigenvalue weighted by molar-refractivity contribution is 6.31. The van der Waals surface area contributed by atoms with Crippen molar-refractivity contribution in [1.82, 2.24) is 4.98 Å². The van der Waals surface area contributed by atoms with Crippen molar-refractivity contribution >= 4 is 34.0 Å². The molecule has 1 atom stereocenters. The molecule has 5 rings (SSSR count). The second-order valence-electron chi connectivity index (χ2n) is 9.38. The van der Waals surface area contributed by atoms with E-state index in [1.165, 1.54) is 18.3 Å². The summed E-state index contributed by atoms with van der Waals surface area (Å²) in [7, 11) is 0. The zero-order chi connectivity index (χ0) is 24.7. The highest BCUT2D eigenvalue weighted by Crippen LogP contribution is 2.36. The number of ether oxygens (including phenoxy) is 1.